The summed E-state index contributed by atoms with van der Waals surface area (Å²) in [7, 11) is 0. The van der Waals surface area contributed by atoms with Crippen LogP contribution in [0.5, 0.6) is 0 Å². The molecule has 0 aliphatic rings. The number of pyridine rings is 1. The molecule has 0 aliphatic carbocycles. The summed E-state index contributed by atoms with van der Waals surface area (Å²) in [6, 6.07) is 3.32. The van der Waals surface area contributed by atoms with Gasteiger partial charge in [0.05, 0.1) is 0 Å². The summed E-state index contributed by atoms with van der Waals surface area (Å²) in [5, 5.41) is 12.2. The first kappa shape index (κ1) is 13.6. The average Bonchev–Trinajstić information content (AvgIpc) is 2.35. The molecule has 0 saturated carbocycles. The third-order valence-electron chi connectivity index (χ3n) is 2.78. The molecule has 1 rings (SSSR count). The summed E-state index contributed by atoms with van der Waals surface area (Å²) in [5.74, 6) is -0.783. The zero-order chi connectivity index (χ0) is 12.7. The first-order valence-corrected chi connectivity index (χ1v) is 6.04. The molecule has 2 atom stereocenters. The monoisotopic (exact) mass is 236 g/mol. The molecule has 0 aromatic carbocycles. The van der Waals surface area contributed by atoms with Crippen LogP contribution in [-0.2, 0) is 4.79 Å². The van der Waals surface area contributed by atoms with Crippen molar-refractivity contribution in [3.8, 4) is 0 Å². The van der Waals surface area contributed by atoms with E-state index in [1.807, 2.05) is 19.1 Å². The Kier molecular flexibility index (Phi) is 5.63. The van der Waals surface area contributed by atoms with Gasteiger partial charge in [-0.05, 0) is 25.0 Å². The normalized spacial score (nSPS) is 14.2. The number of carbonyl (C=O) groups is 1. The molecule has 17 heavy (non-hydrogen) atoms. The van der Waals surface area contributed by atoms with Gasteiger partial charge in [-0.25, -0.2) is 0 Å². The van der Waals surface area contributed by atoms with Crippen molar-refractivity contribution in [2.45, 2.75) is 45.2 Å². The topological polar surface area (TPSA) is 62.2 Å². The van der Waals surface area contributed by atoms with Gasteiger partial charge < -0.3 is 5.11 Å². The Morgan fingerprint density at radius 2 is 2.35 bits per heavy atom. The highest BCUT2D eigenvalue weighted by atomic mass is 16.4. The first-order chi connectivity index (χ1) is 8.15. The molecule has 0 saturated heterocycles. The lowest BCUT2D eigenvalue weighted by Gasteiger charge is -2.20. The second-order valence-corrected chi connectivity index (χ2v) is 4.21. The van der Waals surface area contributed by atoms with Gasteiger partial charge in [0.15, 0.2) is 0 Å². The lowest BCUT2D eigenvalue weighted by Crippen LogP contribution is -2.38. The summed E-state index contributed by atoms with van der Waals surface area (Å²) in [6.45, 7) is 4.02. The van der Waals surface area contributed by atoms with Crippen molar-refractivity contribution < 1.29 is 9.90 Å². The van der Waals surface area contributed by atoms with Crippen LogP contribution >= 0.6 is 0 Å². The molecule has 0 aliphatic heterocycles. The molecule has 4 nitrogen and oxygen atoms in total. The minimum Gasteiger partial charge on any atom is -0.480 e. The van der Waals surface area contributed by atoms with Crippen LogP contribution in [0.15, 0.2) is 24.5 Å². The number of nitrogens with zero attached hydrogens (tertiary/aromatic N) is 1. The highest BCUT2D eigenvalue weighted by molar-refractivity contribution is 5.73. The van der Waals surface area contributed by atoms with Gasteiger partial charge in [0.1, 0.15) is 6.04 Å². The Bertz CT molecular complexity index is 341. The third-order valence-corrected chi connectivity index (χ3v) is 2.78. The third kappa shape index (κ3) is 4.53. The van der Waals surface area contributed by atoms with Crippen LogP contribution in [0.2, 0.25) is 0 Å². The van der Waals surface area contributed by atoms with Crippen molar-refractivity contribution in [3.05, 3.63) is 30.1 Å². The standard InChI is InChI=1S/C13H20N2O2/c1-3-4-7-12(13(16)17)15-10(2)11-6-5-8-14-9-11/h5-6,8-10,12,15H,3-4,7H2,1-2H3,(H,16,17)/t10-,12?/m0/s1. The van der Waals surface area contributed by atoms with Gasteiger partial charge in [-0.15, -0.1) is 0 Å². The van der Waals surface area contributed by atoms with E-state index in [0.717, 1.165) is 18.4 Å². The maximum absolute atomic E-state index is 11.1. The molecule has 0 radical (unpaired) electrons. The molecule has 1 aromatic rings. The van der Waals surface area contributed by atoms with E-state index in [1.54, 1.807) is 12.4 Å². The quantitative estimate of drug-likeness (QED) is 0.763. The Morgan fingerprint density at radius 1 is 1.59 bits per heavy atom. The molecular weight excluding hydrogens is 216 g/mol. The highest BCUT2D eigenvalue weighted by Gasteiger charge is 2.19. The number of carboxylic acids is 1. The molecular formula is C13H20N2O2. The van der Waals surface area contributed by atoms with E-state index in [9.17, 15) is 4.79 Å². The lowest BCUT2D eigenvalue weighted by atomic mass is 10.1. The largest absolute Gasteiger partial charge is 0.480 e. The minimum atomic E-state index is -0.783. The molecule has 0 spiro atoms. The van der Waals surface area contributed by atoms with Crippen LogP contribution in [-0.4, -0.2) is 22.1 Å². The Morgan fingerprint density at radius 3 is 2.88 bits per heavy atom. The van der Waals surface area contributed by atoms with Crippen molar-refractivity contribution in [2.75, 3.05) is 0 Å². The van der Waals surface area contributed by atoms with Crippen molar-refractivity contribution in [3.63, 3.8) is 0 Å². The smallest absolute Gasteiger partial charge is 0.320 e. The number of aromatic nitrogens is 1. The van der Waals surface area contributed by atoms with Crippen LogP contribution < -0.4 is 5.32 Å². The van der Waals surface area contributed by atoms with Crippen molar-refractivity contribution in [2.24, 2.45) is 0 Å². The van der Waals surface area contributed by atoms with Gasteiger partial charge >= 0.3 is 5.97 Å². The zero-order valence-corrected chi connectivity index (χ0v) is 10.4. The van der Waals surface area contributed by atoms with E-state index in [4.69, 9.17) is 5.11 Å². The molecule has 1 heterocycles. The fourth-order valence-electron chi connectivity index (χ4n) is 1.72. The van der Waals surface area contributed by atoms with Crippen molar-refractivity contribution >= 4 is 5.97 Å². The highest BCUT2D eigenvalue weighted by Crippen LogP contribution is 2.13. The summed E-state index contributed by atoms with van der Waals surface area (Å²) < 4.78 is 0. The van der Waals surface area contributed by atoms with E-state index < -0.39 is 12.0 Å². The molecule has 0 fully saturated rings. The summed E-state index contributed by atoms with van der Waals surface area (Å²) in [5.41, 5.74) is 1.01. The van der Waals surface area contributed by atoms with Crippen LogP contribution in [0.1, 0.15) is 44.7 Å². The van der Waals surface area contributed by atoms with Gasteiger partial charge in [0, 0.05) is 18.4 Å². The Hall–Kier alpha value is -1.42. The summed E-state index contributed by atoms with van der Waals surface area (Å²) >= 11 is 0. The van der Waals surface area contributed by atoms with Gasteiger partial charge in [-0.2, -0.15) is 0 Å². The fraction of sp³-hybridized carbons (Fsp3) is 0.538. The maximum atomic E-state index is 11.1. The number of carboxylic acid groups (broad SMARTS) is 1. The van der Waals surface area contributed by atoms with Crippen LogP contribution in [0, 0.1) is 0 Å². The van der Waals surface area contributed by atoms with Gasteiger partial charge in [0.2, 0.25) is 0 Å². The second kappa shape index (κ2) is 7.01. The molecule has 94 valence electrons. The summed E-state index contributed by atoms with van der Waals surface area (Å²) in [6.07, 6.45) is 6.06. The van der Waals surface area contributed by atoms with Crippen LogP contribution in [0.4, 0.5) is 0 Å². The fourth-order valence-corrected chi connectivity index (χ4v) is 1.72. The number of aliphatic carboxylic acids is 1. The molecule has 0 bridgehead atoms. The van der Waals surface area contributed by atoms with E-state index in [1.165, 1.54) is 0 Å². The predicted molar refractivity (Wildman–Crippen MR) is 66.7 cm³/mol. The molecule has 1 unspecified atom stereocenters. The number of hydrogen-bond donors (Lipinski definition) is 2. The van der Waals surface area contributed by atoms with Gasteiger partial charge in [0.25, 0.3) is 0 Å². The number of nitrogens with one attached hydrogen (secondary N) is 1. The zero-order valence-electron chi connectivity index (χ0n) is 10.4. The van der Waals surface area contributed by atoms with E-state index in [2.05, 4.69) is 17.2 Å². The average molecular weight is 236 g/mol. The molecule has 2 N–H and O–H groups in total. The van der Waals surface area contributed by atoms with Crippen molar-refractivity contribution in [1.29, 1.82) is 0 Å². The van der Waals surface area contributed by atoms with Crippen LogP contribution in [0.3, 0.4) is 0 Å². The van der Waals surface area contributed by atoms with Gasteiger partial charge in [-0.3, -0.25) is 15.1 Å². The lowest BCUT2D eigenvalue weighted by molar-refractivity contribution is -0.139. The SMILES string of the molecule is CCCCC(N[C@@H](C)c1cccnc1)C(=O)O. The second-order valence-electron chi connectivity index (χ2n) is 4.21. The first-order valence-electron chi connectivity index (χ1n) is 6.04. The Labute approximate surface area is 102 Å². The minimum absolute atomic E-state index is 0.00153. The predicted octanol–water partition coefficient (Wildman–Crippen LogP) is 2.38. The van der Waals surface area contributed by atoms with E-state index >= 15 is 0 Å². The molecule has 1 aromatic heterocycles. The van der Waals surface area contributed by atoms with Crippen LogP contribution in [0.25, 0.3) is 0 Å². The maximum Gasteiger partial charge on any atom is 0.320 e. The Balaban J connectivity index is 2.58. The number of hydrogen-bond acceptors (Lipinski definition) is 3. The molecule has 4 heteroatoms. The summed E-state index contributed by atoms with van der Waals surface area (Å²) in [4.78, 5) is 15.1. The van der Waals surface area contributed by atoms with Crippen molar-refractivity contribution in [1.82, 2.24) is 10.3 Å². The molecule has 0 amide bonds. The van der Waals surface area contributed by atoms with E-state index in [-0.39, 0.29) is 6.04 Å². The number of rotatable bonds is 7. The van der Waals surface area contributed by atoms with Gasteiger partial charge in [-0.1, -0.05) is 25.8 Å². The number of unbranched alkanes of at least 4 members (excludes halogenated alkanes) is 1. The van der Waals surface area contributed by atoms with E-state index in [0.29, 0.717) is 6.42 Å².